The van der Waals surface area contributed by atoms with Gasteiger partial charge in [0, 0.05) is 17.6 Å². The van der Waals surface area contributed by atoms with E-state index in [4.69, 9.17) is 4.42 Å². The molecule has 112 valence electrons. The van der Waals surface area contributed by atoms with Crippen LogP contribution in [0, 0.1) is 0 Å². The maximum atomic E-state index is 12.2. The van der Waals surface area contributed by atoms with Gasteiger partial charge in [-0.25, -0.2) is 4.98 Å². The molecule has 2 heterocycles. The van der Waals surface area contributed by atoms with E-state index in [1.54, 1.807) is 12.5 Å². The number of rotatable bonds is 6. The molecule has 1 aliphatic rings. The number of aromatic nitrogens is 1. The first-order valence-corrected chi connectivity index (χ1v) is 8.15. The Labute approximate surface area is 128 Å². The first kappa shape index (κ1) is 14.3. The molecule has 5 nitrogen and oxygen atoms in total. The van der Waals surface area contributed by atoms with Crippen molar-refractivity contribution in [1.29, 1.82) is 0 Å². The standard InChI is InChI=1S/C15H19N3O2S/c19-14(17-15-16-7-9-21-15)11-18(12-4-1-2-5-12)10-13-6-3-8-20-13/h3,6-9,12H,1-2,4-5,10-11H2,(H,16,17,19). The zero-order chi connectivity index (χ0) is 14.5. The molecule has 0 unspecified atom stereocenters. The van der Waals surface area contributed by atoms with Gasteiger partial charge >= 0.3 is 0 Å². The number of hydrogen-bond donors (Lipinski definition) is 1. The molecule has 2 aromatic heterocycles. The van der Waals surface area contributed by atoms with Gasteiger partial charge in [-0.3, -0.25) is 9.69 Å². The van der Waals surface area contributed by atoms with Crippen molar-refractivity contribution in [3.63, 3.8) is 0 Å². The number of nitrogens with zero attached hydrogens (tertiary/aromatic N) is 2. The normalized spacial score (nSPS) is 15.7. The molecule has 0 aromatic carbocycles. The van der Waals surface area contributed by atoms with E-state index in [1.807, 2.05) is 17.5 Å². The smallest absolute Gasteiger partial charge is 0.240 e. The molecule has 1 saturated carbocycles. The highest BCUT2D eigenvalue weighted by molar-refractivity contribution is 7.13. The minimum atomic E-state index is -0.0107. The summed E-state index contributed by atoms with van der Waals surface area (Å²) < 4.78 is 5.43. The van der Waals surface area contributed by atoms with Crippen LogP contribution in [0.15, 0.2) is 34.4 Å². The first-order chi connectivity index (χ1) is 10.3. The van der Waals surface area contributed by atoms with Crippen molar-refractivity contribution in [3.05, 3.63) is 35.7 Å². The number of nitrogens with one attached hydrogen (secondary N) is 1. The van der Waals surface area contributed by atoms with E-state index in [9.17, 15) is 4.79 Å². The highest BCUT2D eigenvalue weighted by Crippen LogP contribution is 2.25. The minimum absolute atomic E-state index is 0.0107. The summed E-state index contributed by atoms with van der Waals surface area (Å²) in [7, 11) is 0. The SMILES string of the molecule is O=C(CN(Cc1ccco1)C1CCCC1)Nc1nccs1. The zero-order valence-electron chi connectivity index (χ0n) is 11.8. The van der Waals surface area contributed by atoms with Crippen LogP contribution in [0.3, 0.4) is 0 Å². The maximum absolute atomic E-state index is 12.2. The molecule has 0 bridgehead atoms. The molecule has 0 aliphatic heterocycles. The van der Waals surface area contributed by atoms with E-state index in [0.29, 0.717) is 24.3 Å². The van der Waals surface area contributed by atoms with Crippen molar-refractivity contribution in [2.75, 3.05) is 11.9 Å². The Morgan fingerprint density at radius 1 is 1.48 bits per heavy atom. The predicted molar refractivity (Wildman–Crippen MR) is 82.1 cm³/mol. The number of carbonyl (C=O) groups excluding carboxylic acids is 1. The summed E-state index contributed by atoms with van der Waals surface area (Å²) >= 11 is 1.44. The highest BCUT2D eigenvalue weighted by atomic mass is 32.1. The van der Waals surface area contributed by atoms with Gasteiger partial charge < -0.3 is 9.73 Å². The van der Waals surface area contributed by atoms with Gasteiger partial charge in [-0.1, -0.05) is 12.8 Å². The summed E-state index contributed by atoms with van der Waals surface area (Å²) in [4.78, 5) is 18.5. The lowest BCUT2D eigenvalue weighted by Gasteiger charge is -2.27. The van der Waals surface area contributed by atoms with E-state index < -0.39 is 0 Å². The maximum Gasteiger partial charge on any atom is 0.240 e. The molecule has 1 aliphatic carbocycles. The fourth-order valence-electron chi connectivity index (χ4n) is 2.81. The van der Waals surface area contributed by atoms with Gasteiger partial charge in [-0.15, -0.1) is 11.3 Å². The predicted octanol–water partition coefficient (Wildman–Crippen LogP) is 3.12. The largest absolute Gasteiger partial charge is 0.468 e. The second-order valence-corrected chi connectivity index (χ2v) is 6.20. The van der Waals surface area contributed by atoms with Gasteiger partial charge in [0.2, 0.25) is 5.91 Å². The Bertz CT molecular complexity index is 548. The van der Waals surface area contributed by atoms with Crippen LogP contribution in [0.1, 0.15) is 31.4 Å². The fraction of sp³-hybridized carbons (Fsp3) is 0.467. The molecule has 6 heteroatoms. The lowest BCUT2D eigenvalue weighted by Crippen LogP contribution is -2.39. The molecule has 1 fully saturated rings. The monoisotopic (exact) mass is 305 g/mol. The van der Waals surface area contributed by atoms with Crippen LogP contribution in [-0.4, -0.2) is 28.4 Å². The average molecular weight is 305 g/mol. The Balaban J connectivity index is 1.62. The summed E-state index contributed by atoms with van der Waals surface area (Å²) in [5, 5.41) is 5.36. The lowest BCUT2D eigenvalue weighted by molar-refractivity contribution is -0.118. The van der Waals surface area contributed by atoms with Crippen molar-refractivity contribution < 1.29 is 9.21 Å². The summed E-state index contributed by atoms with van der Waals surface area (Å²) in [5.74, 6) is 0.896. The van der Waals surface area contributed by atoms with Crippen molar-refractivity contribution in [2.45, 2.75) is 38.3 Å². The van der Waals surface area contributed by atoms with Gasteiger partial charge in [0.15, 0.2) is 5.13 Å². The van der Waals surface area contributed by atoms with Crippen molar-refractivity contribution in [3.8, 4) is 0 Å². The van der Waals surface area contributed by atoms with Crippen LogP contribution in [0.5, 0.6) is 0 Å². The van der Waals surface area contributed by atoms with Crippen LogP contribution >= 0.6 is 11.3 Å². The second-order valence-electron chi connectivity index (χ2n) is 5.31. The molecule has 0 radical (unpaired) electrons. The van der Waals surface area contributed by atoms with Crippen LogP contribution in [0.2, 0.25) is 0 Å². The molecule has 0 atom stereocenters. The van der Waals surface area contributed by atoms with Crippen LogP contribution in [-0.2, 0) is 11.3 Å². The third kappa shape index (κ3) is 3.92. The van der Waals surface area contributed by atoms with E-state index >= 15 is 0 Å². The van der Waals surface area contributed by atoms with Gasteiger partial charge in [-0.2, -0.15) is 0 Å². The lowest BCUT2D eigenvalue weighted by atomic mass is 10.2. The van der Waals surface area contributed by atoms with Gasteiger partial charge in [0.1, 0.15) is 5.76 Å². The van der Waals surface area contributed by atoms with Crippen LogP contribution in [0.4, 0.5) is 5.13 Å². The third-order valence-corrected chi connectivity index (χ3v) is 4.49. The van der Waals surface area contributed by atoms with E-state index in [2.05, 4.69) is 15.2 Å². The molecule has 1 N–H and O–H groups in total. The average Bonchev–Trinajstić information content (AvgIpc) is 3.22. The Hall–Kier alpha value is -1.66. The summed E-state index contributed by atoms with van der Waals surface area (Å²) in [6.07, 6.45) is 8.17. The highest BCUT2D eigenvalue weighted by Gasteiger charge is 2.25. The number of furan rings is 1. The van der Waals surface area contributed by atoms with Crippen molar-refractivity contribution >= 4 is 22.4 Å². The fourth-order valence-corrected chi connectivity index (χ4v) is 3.36. The summed E-state index contributed by atoms with van der Waals surface area (Å²) in [6, 6.07) is 4.32. The van der Waals surface area contributed by atoms with Crippen LogP contribution in [0.25, 0.3) is 0 Å². The number of thiazole rings is 1. The summed E-state index contributed by atoms with van der Waals surface area (Å²) in [6.45, 7) is 1.06. The summed E-state index contributed by atoms with van der Waals surface area (Å²) in [5.41, 5.74) is 0. The molecule has 21 heavy (non-hydrogen) atoms. The van der Waals surface area contributed by atoms with E-state index in [-0.39, 0.29) is 5.91 Å². The number of anilines is 1. The second kappa shape index (κ2) is 6.87. The molecular weight excluding hydrogens is 286 g/mol. The number of amides is 1. The van der Waals surface area contributed by atoms with Gasteiger partial charge in [0.05, 0.1) is 19.4 Å². The number of hydrogen-bond acceptors (Lipinski definition) is 5. The zero-order valence-corrected chi connectivity index (χ0v) is 12.6. The minimum Gasteiger partial charge on any atom is -0.468 e. The van der Waals surface area contributed by atoms with Crippen LogP contribution < -0.4 is 5.32 Å². The Morgan fingerprint density at radius 2 is 2.33 bits per heavy atom. The molecule has 3 rings (SSSR count). The molecular formula is C15H19N3O2S. The van der Waals surface area contributed by atoms with E-state index in [1.165, 1.54) is 24.2 Å². The molecule has 2 aromatic rings. The third-order valence-electron chi connectivity index (χ3n) is 3.81. The quantitative estimate of drug-likeness (QED) is 0.891. The Kier molecular flexibility index (Phi) is 4.67. The van der Waals surface area contributed by atoms with Gasteiger partial charge in [0.25, 0.3) is 0 Å². The first-order valence-electron chi connectivity index (χ1n) is 7.27. The van der Waals surface area contributed by atoms with Crippen molar-refractivity contribution in [1.82, 2.24) is 9.88 Å². The Morgan fingerprint density at radius 3 is 3.00 bits per heavy atom. The topological polar surface area (TPSA) is 58.4 Å². The molecule has 0 saturated heterocycles. The van der Waals surface area contributed by atoms with Crippen molar-refractivity contribution in [2.24, 2.45) is 0 Å². The van der Waals surface area contributed by atoms with E-state index in [0.717, 1.165) is 18.6 Å². The molecule has 1 amide bonds. The van der Waals surface area contributed by atoms with Gasteiger partial charge in [-0.05, 0) is 25.0 Å². The molecule has 0 spiro atoms. The number of carbonyl (C=O) groups is 1.